The van der Waals surface area contributed by atoms with Crippen LogP contribution in [-0.4, -0.2) is 162 Å². The molecule has 4 saturated heterocycles. The molecule has 24 heteroatoms. The molecule has 0 spiro atoms. The molecule has 1 aromatic rings. The lowest BCUT2D eigenvalue weighted by atomic mass is 9.75. The Morgan fingerprint density at radius 2 is 1.59 bits per heavy atom. The van der Waals surface area contributed by atoms with Crippen LogP contribution in [0.1, 0.15) is 109 Å². The summed E-state index contributed by atoms with van der Waals surface area (Å²) in [7, 11) is 4.88. The van der Waals surface area contributed by atoms with Crippen LogP contribution in [-0.2, 0) is 69.2 Å². The summed E-state index contributed by atoms with van der Waals surface area (Å²) in [5, 5.41) is 59.3. The Balaban J connectivity index is 0.00000352. The number of fused-ring (bicyclic) bond motifs is 2. The van der Waals surface area contributed by atoms with Gasteiger partial charge in [0.05, 0.1) is 104 Å². The van der Waals surface area contributed by atoms with Crippen LogP contribution in [0.3, 0.4) is 0 Å². The van der Waals surface area contributed by atoms with Gasteiger partial charge in [0.15, 0.2) is 35.5 Å². The number of halogens is 1. The van der Waals surface area contributed by atoms with Gasteiger partial charge in [-0.15, -0.1) is 0 Å². The number of methoxy groups -OCH3 is 3. The Morgan fingerprint density at radius 1 is 0.902 bits per heavy atom. The summed E-state index contributed by atoms with van der Waals surface area (Å²) in [6.45, 7) is 15.4. The lowest BCUT2D eigenvalue weighted by Crippen LogP contribution is -2.55. The number of nitrogens with one attached hydrogen (secondary N) is 1. The fourth-order valence-corrected chi connectivity index (χ4v) is 13.3. The van der Waals surface area contributed by atoms with Gasteiger partial charge >= 0.3 is 6.09 Å². The van der Waals surface area contributed by atoms with Crippen molar-refractivity contribution in [3.8, 4) is 40.9 Å². The largest absolute Gasteiger partial charge is 0.492 e. The van der Waals surface area contributed by atoms with Crippen molar-refractivity contribution >= 4 is 82.6 Å². The second kappa shape index (κ2) is 31.0. The normalized spacial score (nSPS) is 36.2. The average Bonchev–Trinajstić information content (AvgIpc) is 2.17. The lowest BCUT2D eigenvalue weighted by Gasteiger charge is -2.47. The van der Waals surface area contributed by atoms with E-state index in [0.29, 0.717) is 40.4 Å². The number of allylic oxidation sites excluding steroid dienone is 4. The van der Waals surface area contributed by atoms with Crippen molar-refractivity contribution in [1.29, 1.82) is 0 Å². The summed E-state index contributed by atoms with van der Waals surface area (Å²) in [6, 6.07) is 0. The van der Waals surface area contributed by atoms with Crippen LogP contribution in [0, 0.1) is 63.8 Å². The first-order valence-electron chi connectivity index (χ1n) is 27.6. The van der Waals surface area contributed by atoms with Gasteiger partial charge in [-0.25, -0.2) is 4.79 Å². The van der Waals surface area contributed by atoms with Gasteiger partial charge in [-0.2, -0.15) is 0 Å². The molecule has 6 aliphatic rings. The number of alkyl carbamates (subject to hydrolysis) is 1. The minimum Gasteiger partial charge on any atom is -0.492 e. The van der Waals surface area contributed by atoms with E-state index in [0.717, 1.165) is 39.9 Å². The molecule has 0 radical (unpaired) electrons. The fraction of sp³-hybridized carbons (Fsp3) is 0.672. The highest BCUT2D eigenvalue weighted by atomic mass is 127. The van der Waals surface area contributed by atoms with Crippen LogP contribution in [0.4, 0.5) is 4.79 Å². The van der Waals surface area contributed by atoms with Gasteiger partial charge in [0.25, 0.3) is 0 Å². The molecule has 2 bridgehead atoms. The summed E-state index contributed by atoms with van der Waals surface area (Å²) in [5.41, 5.74) is -1.11. The van der Waals surface area contributed by atoms with E-state index in [9.17, 15) is 39.9 Å². The van der Waals surface area contributed by atoms with E-state index in [1.807, 2.05) is 29.5 Å². The van der Waals surface area contributed by atoms with E-state index in [-0.39, 0.29) is 58.8 Å². The van der Waals surface area contributed by atoms with E-state index in [2.05, 4.69) is 65.2 Å². The number of aliphatic hydroxyl groups is 5. The molecule has 82 heavy (non-hydrogen) atoms. The summed E-state index contributed by atoms with van der Waals surface area (Å²) in [6.07, 6.45) is -4.37. The van der Waals surface area contributed by atoms with Crippen molar-refractivity contribution in [3.63, 3.8) is 0 Å². The Bertz CT molecular complexity index is 2710. The van der Waals surface area contributed by atoms with Crippen molar-refractivity contribution in [2.45, 2.75) is 185 Å². The zero-order chi connectivity index (χ0) is 60.3. The number of benzene rings is 1. The molecule has 4 aliphatic heterocycles. The molecule has 2 aliphatic carbocycles. The average molecular weight is 1330 g/mol. The molecule has 19 atom stereocenters. The number of ether oxygens (including phenoxy) is 10. The first-order chi connectivity index (χ1) is 39.0. The summed E-state index contributed by atoms with van der Waals surface area (Å²) in [4.78, 5) is 41.1. The van der Waals surface area contributed by atoms with Gasteiger partial charge in [-0.1, -0.05) is 75.6 Å². The maximum atomic E-state index is 14.4. The molecule has 1 aromatic carbocycles. The molecule has 454 valence electrons. The van der Waals surface area contributed by atoms with Crippen molar-refractivity contribution in [1.82, 2.24) is 5.32 Å². The Hall–Kier alpha value is -3.13. The second-order valence-corrected chi connectivity index (χ2v) is 25.5. The van der Waals surface area contributed by atoms with Crippen LogP contribution >= 0.6 is 34.4 Å². The maximum Gasteiger partial charge on any atom is 0.411 e. The molecule has 1 amide bonds. The number of hydrogen-bond acceptors (Lipinski definition) is 21. The number of aliphatic hydroxyl groups excluding tert-OH is 4. The van der Waals surface area contributed by atoms with Crippen molar-refractivity contribution < 1.29 is 87.3 Å². The van der Waals surface area contributed by atoms with E-state index < -0.39 is 120 Å². The third kappa shape index (κ3) is 15.7. The van der Waals surface area contributed by atoms with Crippen molar-refractivity contribution in [2.75, 3.05) is 34.5 Å². The number of amides is 1. The van der Waals surface area contributed by atoms with Gasteiger partial charge in [-0.3, -0.25) is 14.9 Å². The van der Waals surface area contributed by atoms with E-state index in [1.54, 1.807) is 40.7 Å². The Labute approximate surface area is 511 Å². The van der Waals surface area contributed by atoms with E-state index >= 15 is 0 Å². The van der Waals surface area contributed by atoms with Gasteiger partial charge in [0, 0.05) is 66.6 Å². The number of hydrogen-bond donors (Lipinski definition) is 6. The van der Waals surface area contributed by atoms with E-state index in [4.69, 9.17) is 47.4 Å². The summed E-state index contributed by atoms with van der Waals surface area (Å²) < 4.78 is 61.9. The smallest absolute Gasteiger partial charge is 0.411 e. The Morgan fingerprint density at radius 3 is 2.22 bits per heavy atom. The second-order valence-electron chi connectivity index (χ2n) is 21.5. The molecule has 0 saturated carbocycles. The lowest BCUT2D eigenvalue weighted by molar-refractivity contribution is -0.288. The van der Waals surface area contributed by atoms with Crippen LogP contribution in [0.5, 0.6) is 17.2 Å². The first-order valence-corrected chi connectivity index (χ1v) is 32.2. The molecule has 4 heterocycles. The molecule has 4 fully saturated rings. The fourth-order valence-electron chi connectivity index (χ4n) is 11.5. The third-order valence-corrected chi connectivity index (χ3v) is 18.8. The summed E-state index contributed by atoms with van der Waals surface area (Å²) in [5.74, 6) is 10.1. The predicted molar refractivity (Wildman–Crippen MR) is 321 cm³/mol. The quantitative estimate of drug-likeness (QED) is 0.0769. The number of Topliss-reactive ketones (excluding diaryl/α,β-unsaturated/α-hetero) is 1. The first kappa shape index (κ1) is 68.0. The standard InChI is InChI=1S/C58H78INO18S.S3/c1-12-18-34-26-72-35(22-28(34)3)23-36-49(65)37(31(6)75-55(36)77-41-20-16-14-15-17-21-58(68)25-40(62)46(60-57(67)71-11)44(41)38(58)19-13-2)27-73-42-24-39(61)53(33(8)74-42)79-54(66)43-29(4)45(59)51(52(70-10)50(43)69-9)78-56-48(64)30(5)47(63)32(7)76-56;1-3-2/h14-15,19,28,30-37,39,41-42,47-49,53,55-56,61,63-65,68H,12-13,18,22-27H2,1-11H3,(H,60,67);/b15-14-,38-19+;/t28?,30?,31?,32?,33?,34?,35?,36?,37?,39?,41-,42?,47?,48?,49?,53?,55?,56?,58-;/m0./s1. The minimum absolute atomic E-state index is 0.0108. The van der Waals surface area contributed by atoms with Crippen LogP contribution in [0.2, 0.25) is 0 Å². The SMILES string of the molecule is CC/C=C1\C2=C(NC(=O)OC)C(=O)C[C@@]1(O)C#C/C=C\C#C[C@@H]2OC1OC(C)C(COC2CC(O)C(SC(=O)c3c(C)c(I)c(OC4OC(C)C(O)C(C)C4O)c(OC)c3OC)C(C)O2)C(O)C1CC1CC(C)C(CCC)CO1.S=S=S. The van der Waals surface area contributed by atoms with Gasteiger partial charge in [0.2, 0.25) is 17.2 Å². The number of carbonyl (C=O) groups is 3. The monoisotopic (exact) mass is 1330 g/mol. The minimum atomic E-state index is -1.96. The number of carbonyl (C=O) groups excluding carboxylic acids is 3. The molecule has 7 rings (SSSR count). The highest BCUT2D eigenvalue weighted by Crippen LogP contribution is 2.49. The van der Waals surface area contributed by atoms with Gasteiger partial charge in [0.1, 0.15) is 12.2 Å². The molecule has 0 aromatic heterocycles. The highest BCUT2D eigenvalue weighted by molar-refractivity contribution is 14.1. The highest BCUT2D eigenvalue weighted by Gasteiger charge is 2.51. The van der Waals surface area contributed by atoms with E-state index in [1.165, 1.54) is 33.5 Å². The molecular formula is C58H78INO18S4. The topological polar surface area (TPSA) is 257 Å². The zero-order valence-electron chi connectivity index (χ0n) is 48.0. The predicted octanol–water partition coefficient (Wildman–Crippen LogP) is 6.03. The Kier molecular flexibility index (Phi) is 25.7. The number of rotatable bonds is 17. The van der Waals surface area contributed by atoms with Gasteiger partial charge in [-0.05, 0) is 106 Å². The zero-order valence-corrected chi connectivity index (χ0v) is 53.5. The summed E-state index contributed by atoms with van der Waals surface area (Å²) >= 11 is 11.2. The molecule has 19 nitrogen and oxygen atoms in total. The third-order valence-electron chi connectivity index (χ3n) is 16.1. The van der Waals surface area contributed by atoms with Crippen molar-refractivity contribution in [3.05, 3.63) is 49.8 Å². The maximum absolute atomic E-state index is 14.4. The van der Waals surface area contributed by atoms with Crippen LogP contribution < -0.4 is 19.5 Å². The van der Waals surface area contributed by atoms with Gasteiger partial charge < -0.3 is 72.9 Å². The van der Waals surface area contributed by atoms with Crippen LogP contribution in [0.25, 0.3) is 0 Å². The van der Waals surface area contributed by atoms with Crippen molar-refractivity contribution in [2.24, 2.45) is 29.6 Å². The number of thioether (sulfide) groups is 1. The number of ketones is 1. The molecule has 6 N–H and O–H groups in total. The molecular weight excluding hydrogens is 1250 g/mol. The molecule has 17 unspecified atom stereocenters. The van der Waals surface area contributed by atoms with Crippen LogP contribution in [0.15, 0.2) is 35.1 Å².